The molecule has 0 bridgehead atoms. The number of aryl methyl sites for hydroxylation is 1. The normalized spacial score (nSPS) is 16.3. The first-order valence-corrected chi connectivity index (χ1v) is 15.1. The summed E-state index contributed by atoms with van der Waals surface area (Å²) in [6, 6.07) is 19.8. The highest BCUT2D eigenvalue weighted by atomic mass is 15.1. The first-order chi connectivity index (χ1) is 20.3. The summed E-state index contributed by atoms with van der Waals surface area (Å²) in [6.07, 6.45) is 4.09. The Morgan fingerprint density at radius 3 is 2.33 bits per heavy atom. The highest BCUT2D eigenvalue weighted by Crippen LogP contribution is 2.33. The summed E-state index contributed by atoms with van der Waals surface area (Å²) in [5, 5.41) is 10.0. The molecule has 2 heterocycles. The molecule has 0 spiro atoms. The zero-order valence-corrected chi connectivity index (χ0v) is 25.9. The number of likely N-dealkylation sites (tertiary alicyclic amines) is 1. The fourth-order valence-electron chi connectivity index (χ4n) is 6.67. The van der Waals surface area contributed by atoms with Crippen molar-refractivity contribution in [1.29, 1.82) is 5.26 Å². The largest absolute Gasteiger partial charge is 0.299 e. The predicted molar refractivity (Wildman–Crippen MR) is 176 cm³/mol. The number of aliphatic imine (C=N–C) groups is 2. The molecule has 216 valence electrons. The second-order valence-electron chi connectivity index (χ2n) is 12.1. The van der Waals surface area contributed by atoms with E-state index in [4.69, 9.17) is 4.99 Å². The van der Waals surface area contributed by atoms with Crippen LogP contribution in [0.3, 0.4) is 0 Å². The number of hydrogen-bond donors (Lipinski definition) is 0. The van der Waals surface area contributed by atoms with Crippen LogP contribution in [0.1, 0.15) is 65.6 Å². The molecule has 5 heteroatoms. The molecule has 0 N–H and O–H groups in total. The van der Waals surface area contributed by atoms with Gasteiger partial charge in [-0.05, 0) is 142 Å². The van der Waals surface area contributed by atoms with Gasteiger partial charge in [0.25, 0.3) is 0 Å². The van der Waals surface area contributed by atoms with Gasteiger partial charge in [0, 0.05) is 25.3 Å². The molecule has 0 atom stereocenters. The second-order valence-corrected chi connectivity index (χ2v) is 12.1. The summed E-state index contributed by atoms with van der Waals surface area (Å²) < 4.78 is 0. The Kier molecular flexibility index (Phi) is 9.16. The van der Waals surface area contributed by atoms with E-state index >= 15 is 0 Å². The summed E-state index contributed by atoms with van der Waals surface area (Å²) in [5.74, 6) is 0. The lowest BCUT2D eigenvalue weighted by Crippen LogP contribution is -2.18. The van der Waals surface area contributed by atoms with Crippen molar-refractivity contribution in [3.8, 4) is 17.2 Å². The summed E-state index contributed by atoms with van der Waals surface area (Å²) in [7, 11) is 2.14. The topological polar surface area (TPSA) is 55.0 Å². The van der Waals surface area contributed by atoms with Crippen LogP contribution < -0.4 is 0 Å². The van der Waals surface area contributed by atoms with Crippen molar-refractivity contribution in [1.82, 2.24) is 9.80 Å². The Hall–Kier alpha value is -3.85. The van der Waals surface area contributed by atoms with Gasteiger partial charge in [0.1, 0.15) is 0 Å². The third kappa shape index (κ3) is 6.31. The van der Waals surface area contributed by atoms with Gasteiger partial charge in [-0.15, -0.1) is 0 Å². The maximum atomic E-state index is 10.0. The van der Waals surface area contributed by atoms with Crippen LogP contribution in [0, 0.1) is 25.2 Å². The van der Waals surface area contributed by atoms with Gasteiger partial charge in [0.05, 0.1) is 23.0 Å². The Labute approximate surface area is 251 Å². The van der Waals surface area contributed by atoms with Crippen LogP contribution in [0.4, 0.5) is 5.69 Å². The van der Waals surface area contributed by atoms with E-state index in [9.17, 15) is 5.26 Å². The Bertz CT molecular complexity index is 1600. The van der Waals surface area contributed by atoms with E-state index in [-0.39, 0.29) is 0 Å². The first kappa shape index (κ1) is 29.6. The molecule has 5 rings (SSSR count). The number of benzene rings is 3. The molecular weight excluding hydrogens is 514 g/mol. The minimum Gasteiger partial charge on any atom is -0.299 e. The lowest BCUT2D eigenvalue weighted by Gasteiger charge is -2.18. The minimum atomic E-state index is 0.722. The third-order valence-corrected chi connectivity index (χ3v) is 9.01. The van der Waals surface area contributed by atoms with E-state index in [0.29, 0.717) is 0 Å². The molecule has 0 radical (unpaired) electrons. The van der Waals surface area contributed by atoms with Crippen LogP contribution in [0.2, 0.25) is 0 Å². The lowest BCUT2D eigenvalue weighted by atomic mass is 9.88. The highest BCUT2D eigenvalue weighted by Gasteiger charge is 2.18. The summed E-state index contributed by atoms with van der Waals surface area (Å²) in [4.78, 5) is 14.2. The van der Waals surface area contributed by atoms with Crippen LogP contribution in [-0.4, -0.2) is 55.5 Å². The van der Waals surface area contributed by atoms with Gasteiger partial charge in [0.15, 0.2) is 0 Å². The van der Waals surface area contributed by atoms with Crippen molar-refractivity contribution >= 4 is 18.1 Å². The number of rotatable bonds is 9. The first-order valence-electron chi connectivity index (χ1n) is 15.1. The highest BCUT2D eigenvalue weighted by molar-refractivity contribution is 6.02. The number of likely N-dealkylation sites (N-methyl/N-ethyl adjacent to an activating group) is 1. The van der Waals surface area contributed by atoms with Crippen molar-refractivity contribution in [2.24, 2.45) is 9.98 Å². The average molecular weight is 558 g/mol. The molecule has 42 heavy (non-hydrogen) atoms. The van der Waals surface area contributed by atoms with Gasteiger partial charge in [-0.1, -0.05) is 36.4 Å². The van der Waals surface area contributed by atoms with E-state index < -0.39 is 0 Å². The summed E-state index contributed by atoms with van der Waals surface area (Å²) >= 11 is 0. The monoisotopic (exact) mass is 557 g/mol. The smallest absolute Gasteiger partial charge is 0.0995 e. The zero-order valence-electron chi connectivity index (χ0n) is 25.9. The van der Waals surface area contributed by atoms with Crippen LogP contribution in [0.5, 0.6) is 0 Å². The van der Waals surface area contributed by atoms with Gasteiger partial charge in [0.2, 0.25) is 0 Å². The zero-order chi connectivity index (χ0) is 29.8. The Balaban J connectivity index is 1.40. The van der Waals surface area contributed by atoms with Crippen molar-refractivity contribution < 1.29 is 0 Å². The van der Waals surface area contributed by atoms with Gasteiger partial charge >= 0.3 is 0 Å². The molecule has 1 fully saturated rings. The van der Waals surface area contributed by atoms with Gasteiger partial charge < -0.3 is 0 Å². The quantitative estimate of drug-likeness (QED) is 0.255. The van der Waals surface area contributed by atoms with E-state index in [1.54, 1.807) is 0 Å². The number of nitrogens with zero attached hydrogens (tertiary/aromatic N) is 5. The number of hydrogen-bond acceptors (Lipinski definition) is 5. The maximum absolute atomic E-state index is 10.0. The van der Waals surface area contributed by atoms with Crippen LogP contribution in [-0.2, 0) is 19.4 Å². The molecule has 2 aliphatic heterocycles. The predicted octanol–water partition coefficient (Wildman–Crippen LogP) is 7.58. The SMILES string of the molecule is C=Nc1cc(CN2CCCC2)cc(C#N)c1CCc1cccc(-c2cccc(C(C)=NC3=C(C)CN(C)C3)c2C)c1C. The standard InChI is InChI=1S/C37H43N5/c1-25-22-41(6)24-37(25)40-28(4)32-12-10-14-34(27(32)3)33-13-9-11-30(26(33)2)15-16-35-31(21-38)19-29(20-36(35)39-5)23-42-17-7-8-18-42/h9-14,19-20H,5,7-8,15-18,22-24H2,1-4,6H3. The Morgan fingerprint density at radius 1 is 0.952 bits per heavy atom. The van der Waals surface area contributed by atoms with Gasteiger partial charge in [-0.3, -0.25) is 19.8 Å². The summed E-state index contributed by atoms with van der Waals surface area (Å²) in [5.41, 5.74) is 14.8. The lowest BCUT2D eigenvalue weighted by molar-refractivity contribution is 0.331. The van der Waals surface area contributed by atoms with Crippen molar-refractivity contribution in [2.45, 2.75) is 59.9 Å². The molecule has 0 saturated carbocycles. The van der Waals surface area contributed by atoms with Crippen LogP contribution in [0.25, 0.3) is 11.1 Å². The van der Waals surface area contributed by atoms with E-state index in [1.165, 1.54) is 57.5 Å². The molecule has 1 saturated heterocycles. The number of nitriles is 1. The molecule has 0 unspecified atom stereocenters. The average Bonchev–Trinajstić information content (AvgIpc) is 3.60. The Morgan fingerprint density at radius 2 is 1.67 bits per heavy atom. The fraction of sp³-hybridized carbons (Fsp3) is 0.378. The third-order valence-electron chi connectivity index (χ3n) is 9.01. The van der Waals surface area contributed by atoms with E-state index in [2.05, 4.69) is 111 Å². The molecule has 0 aromatic heterocycles. The molecule has 5 nitrogen and oxygen atoms in total. The molecule has 2 aliphatic rings. The molecular formula is C37H43N5. The fourth-order valence-corrected chi connectivity index (χ4v) is 6.67. The minimum absolute atomic E-state index is 0.722. The molecule has 0 amide bonds. The van der Waals surface area contributed by atoms with Gasteiger partial charge in [-0.25, -0.2) is 0 Å². The molecule has 0 aliphatic carbocycles. The van der Waals surface area contributed by atoms with Crippen LogP contribution >= 0.6 is 0 Å². The summed E-state index contributed by atoms with van der Waals surface area (Å²) in [6.45, 7) is 17.6. The van der Waals surface area contributed by atoms with Crippen molar-refractivity contribution in [2.75, 3.05) is 33.2 Å². The van der Waals surface area contributed by atoms with Crippen LogP contribution in [0.15, 0.2) is 69.8 Å². The molecule has 3 aromatic rings. The molecule has 3 aromatic carbocycles. The second kappa shape index (κ2) is 13.0. The van der Waals surface area contributed by atoms with E-state index in [1.807, 2.05) is 0 Å². The van der Waals surface area contributed by atoms with Crippen molar-refractivity contribution in [3.05, 3.63) is 98.7 Å². The van der Waals surface area contributed by atoms with Gasteiger partial charge in [-0.2, -0.15) is 5.26 Å². The maximum Gasteiger partial charge on any atom is 0.0995 e. The van der Waals surface area contributed by atoms with E-state index in [0.717, 1.165) is 73.7 Å². The van der Waals surface area contributed by atoms with Crippen molar-refractivity contribution in [3.63, 3.8) is 0 Å².